The molecule has 0 fully saturated rings. The van der Waals surface area contributed by atoms with Crippen LogP contribution < -0.4 is 0 Å². The van der Waals surface area contributed by atoms with Gasteiger partial charge in [0.2, 0.25) is 0 Å². The van der Waals surface area contributed by atoms with Crippen LogP contribution in [0.1, 0.15) is 44.5 Å². The molecule has 18 aromatic carbocycles. The van der Waals surface area contributed by atoms with E-state index in [2.05, 4.69) is 369 Å². The molecule has 0 bridgehead atoms. The van der Waals surface area contributed by atoms with Gasteiger partial charge >= 0.3 is 0 Å². The number of nitrogens with zero attached hydrogens (tertiary/aromatic N) is 7. The van der Waals surface area contributed by atoms with Crippen LogP contribution in [-0.2, 0) is 10.8 Å². The molecule has 8 nitrogen and oxygen atoms in total. The Balaban J connectivity index is 0.000000134. The molecule has 0 amide bonds. The molecule has 586 valence electrons. The molecule has 0 saturated heterocycles. The number of hydrogen-bond donors (Lipinski definition) is 0. The lowest BCUT2D eigenvalue weighted by atomic mass is 9.67. The van der Waals surface area contributed by atoms with Crippen molar-refractivity contribution in [3.63, 3.8) is 0 Å². The van der Waals surface area contributed by atoms with Crippen LogP contribution in [-0.4, -0.2) is 34.5 Å². The van der Waals surface area contributed by atoms with Crippen LogP contribution in [0.4, 0.5) is 0 Å². The van der Waals surface area contributed by atoms with E-state index in [1.807, 2.05) is 78.1 Å². The van der Waals surface area contributed by atoms with Crippen LogP contribution in [0.5, 0.6) is 0 Å². The van der Waals surface area contributed by atoms with Crippen LogP contribution in [0.15, 0.2) is 443 Å². The summed E-state index contributed by atoms with van der Waals surface area (Å²) in [4.78, 5) is 36.7. The van der Waals surface area contributed by atoms with Crippen molar-refractivity contribution in [3.05, 3.63) is 463 Å². The molecule has 0 unspecified atom stereocenters. The molecular formula is C116H69N7OS2. The van der Waals surface area contributed by atoms with Crippen molar-refractivity contribution >= 4 is 99.8 Å². The van der Waals surface area contributed by atoms with E-state index >= 15 is 0 Å². The maximum atomic E-state index is 6.52. The van der Waals surface area contributed by atoms with E-state index in [-0.39, 0.29) is 0 Å². The fourth-order valence-corrected chi connectivity index (χ4v) is 23.2. The summed E-state index contributed by atoms with van der Waals surface area (Å²) in [6.07, 6.45) is 0. The zero-order valence-electron chi connectivity index (χ0n) is 67.7. The lowest BCUT2D eigenvalue weighted by molar-refractivity contribution is 0.669. The summed E-state index contributed by atoms with van der Waals surface area (Å²) in [5.41, 5.74) is 31.4. The van der Waals surface area contributed by atoms with Gasteiger partial charge in [0.15, 0.2) is 17.5 Å². The third-order valence-corrected chi connectivity index (χ3v) is 28.5. The Kier molecular flexibility index (Phi) is 16.2. The molecule has 0 saturated carbocycles. The Morgan fingerprint density at radius 1 is 0.222 bits per heavy atom. The molecule has 0 radical (unpaired) electrons. The first-order chi connectivity index (χ1) is 62.4. The smallest absolute Gasteiger partial charge is 0.167 e. The zero-order chi connectivity index (χ0) is 82.7. The summed E-state index contributed by atoms with van der Waals surface area (Å²) in [5.74, 6) is 2.63. The molecule has 2 aliphatic carbocycles. The van der Waals surface area contributed by atoms with Crippen molar-refractivity contribution in [2.75, 3.05) is 0 Å². The summed E-state index contributed by atoms with van der Waals surface area (Å²) in [5, 5.41) is 8.84. The van der Waals surface area contributed by atoms with Crippen LogP contribution in [0.3, 0.4) is 0 Å². The molecule has 126 heavy (non-hydrogen) atoms. The second kappa shape index (κ2) is 28.4. The number of furan rings is 1. The lowest BCUT2D eigenvalue weighted by Crippen LogP contribution is -2.32. The molecule has 2 spiro atoms. The van der Waals surface area contributed by atoms with Gasteiger partial charge in [0.25, 0.3) is 0 Å². The third-order valence-electron chi connectivity index (χ3n) is 26.2. The van der Waals surface area contributed by atoms with Crippen molar-refractivity contribution in [1.29, 1.82) is 0 Å². The number of pyridine rings is 2. The molecule has 4 aliphatic rings. The predicted molar refractivity (Wildman–Crippen MR) is 515 cm³/mol. The lowest BCUT2D eigenvalue weighted by Gasteiger charge is -2.40. The van der Waals surface area contributed by atoms with E-state index in [1.54, 1.807) is 0 Å². The molecule has 5 aromatic heterocycles. The van der Waals surface area contributed by atoms with Crippen LogP contribution in [0.2, 0.25) is 0 Å². The monoisotopic (exact) mass is 1640 g/mol. The van der Waals surface area contributed by atoms with Gasteiger partial charge in [-0.15, -0.1) is 0 Å². The number of hydrogen-bond acceptors (Lipinski definition) is 9. The maximum Gasteiger partial charge on any atom is 0.167 e. The minimum Gasteiger partial charge on any atom is -0.455 e. The SMILES string of the molecule is c1ccc(-c2nc(-c3ccc4nc(-c5ccccc5)c5cc6c(cc5c4c3)C3(c4ccccc4S6)c4ccccc4-c4ccccc43)nc(-c3cccc4c3oc3ccccc34)n2)cc1.c1ccc(-c2nc3ccc(-c4ccc(-c5nc6ccccc6n5-c5ccccc5)cc4)cc3c3cc4c(cc23)Sc2ccccc2C42c3ccccc3-c3ccccc32)cc1. The summed E-state index contributed by atoms with van der Waals surface area (Å²) in [7, 11) is 0. The Morgan fingerprint density at radius 3 is 1.19 bits per heavy atom. The molecule has 0 atom stereocenters. The fraction of sp³-hybridized carbons (Fsp3) is 0.0172. The normalized spacial score (nSPS) is 13.3. The number of benzene rings is 18. The van der Waals surface area contributed by atoms with Crippen molar-refractivity contribution in [1.82, 2.24) is 34.5 Å². The fourth-order valence-electron chi connectivity index (χ4n) is 20.8. The minimum atomic E-state index is -0.524. The van der Waals surface area contributed by atoms with Gasteiger partial charge in [0.1, 0.15) is 17.0 Å². The number of imidazole rings is 1. The second-order valence-corrected chi connectivity index (χ2v) is 35.1. The molecule has 23 aromatic rings. The van der Waals surface area contributed by atoms with Crippen molar-refractivity contribution in [2.24, 2.45) is 0 Å². The minimum absolute atomic E-state index is 0.468. The van der Waals surface area contributed by atoms with Gasteiger partial charge in [-0.25, -0.2) is 29.9 Å². The summed E-state index contributed by atoms with van der Waals surface area (Å²) in [6, 6.07) is 151. The van der Waals surface area contributed by atoms with Crippen molar-refractivity contribution < 1.29 is 4.42 Å². The first-order valence-corrected chi connectivity index (χ1v) is 44.3. The number of para-hydroxylation sites is 5. The number of rotatable bonds is 8. The van der Waals surface area contributed by atoms with E-state index in [4.69, 9.17) is 34.3 Å². The highest BCUT2D eigenvalue weighted by Crippen LogP contribution is 2.65. The zero-order valence-corrected chi connectivity index (χ0v) is 69.3. The molecule has 10 heteroatoms. The summed E-state index contributed by atoms with van der Waals surface area (Å²) in [6.45, 7) is 0. The molecule has 27 rings (SSSR count). The summed E-state index contributed by atoms with van der Waals surface area (Å²) < 4.78 is 8.78. The van der Waals surface area contributed by atoms with E-state index in [9.17, 15) is 0 Å². The van der Waals surface area contributed by atoms with Gasteiger partial charge in [-0.3, -0.25) is 4.57 Å². The van der Waals surface area contributed by atoms with Gasteiger partial charge in [0.05, 0.1) is 49.8 Å². The van der Waals surface area contributed by atoms with Gasteiger partial charge in [-0.05, 0) is 192 Å². The molecule has 0 N–H and O–H groups in total. The predicted octanol–water partition coefficient (Wildman–Crippen LogP) is 29.5. The first-order valence-electron chi connectivity index (χ1n) is 42.7. The number of aromatic nitrogens is 7. The van der Waals surface area contributed by atoms with E-state index in [0.29, 0.717) is 17.5 Å². The Hall–Kier alpha value is -15.7. The van der Waals surface area contributed by atoms with E-state index in [1.165, 1.54) is 91.7 Å². The van der Waals surface area contributed by atoms with Crippen LogP contribution in [0.25, 0.3) is 183 Å². The van der Waals surface area contributed by atoms with Crippen LogP contribution in [0, 0.1) is 0 Å². The van der Waals surface area contributed by atoms with Gasteiger partial charge in [0, 0.05) is 85.4 Å². The Labute approximate surface area is 734 Å². The standard InChI is InChI=1S/C59H34N4OS.C57H35N3S/c1-3-16-35(17-4-1)54-45-34-53-49(59(48-27-12-14-29-52(48)65-53)46-25-10-7-20-38(46)39-21-8-11-26-47(39)59)33-43(45)44-32-37(30-31-50(44)60-54)57-61-56(36-18-5-2-6-19-36)62-58(63-57)42-24-15-23-41-40-22-9-13-28-51(40)64-55(41)42;1-3-15-37(16-4-1)55-45-35-54-49(57(48-23-11-14-26-53(48)61-54)46-21-9-7-19-41(46)42-20-8-10-22-47(42)57)34-43(45)44-33-39(31-32-50(44)58-55)36-27-29-38(30-28-36)56-59-51-24-12-13-25-52(51)60(56)40-17-5-2-6-18-40/h1-34H;1-35H. The first kappa shape index (κ1) is 72.0. The highest BCUT2D eigenvalue weighted by Gasteiger charge is 2.52. The molecular weight excluding hydrogens is 1570 g/mol. The largest absolute Gasteiger partial charge is 0.455 e. The van der Waals surface area contributed by atoms with Crippen molar-refractivity contribution in [2.45, 2.75) is 30.4 Å². The van der Waals surface area contributed by atoms with E-state index in [0.717, 1.165) is 138 Å². The highest BCUT2D eigenvalue weighted by molar-refractivity contribution is 7.99. The van der Waals surface area contributed by atoms with Gasteiger partial charge < -0.3 is 4.42 Å². The quantitative estimate of drug-likeness (QED) is 0.138. The highest BCUT2D eigenvalue weighted by atomic mass is 32.2. The molecule has 2 aliphatic heterocycles. The van der Waals surface area contributed by atoms with Gasteiger partial charge in [-0.2, -0.15) is 0 Å². The Morgan fingerprint density at radius 2 is 0.635 bits per heavy atom. The molecule has 7 heterocycles. The van der Waals surface area contributed by atoms with Crippen molar-refractivity contribution in [3.8, 4) is 107 Å². The van der Waals surface area contributed by atoms with Gasteiger partial charge in [-0.1, -0.05) is 339 Å². The second-order valence-electron chi connectivity index (χ2n) is 32.9. The van der Waals surface area contributed by atoms with E-state index < -0.39 is 10.8 Å². The van der Waals surface area contributed by atoms with Crippen LogP contribution >= 0.6 is 23.5 Å². The summed E-state index contributed by atoms with van der Waals surface area (Å²) >= 11 is 3.74. The average molecular weight is 1640 g/mol. The Bertz CT molecular complexity index is 8390. The third kappa shape index (κ3) is 10.9. The topological polar surface area (TPSA) is 95.4 Å². The number of fused-ring (bicyclic) bond motifs is 28. The maximum absolute atomic E-state index is 6.52. The average Bonchev–Trinajstić information content (AvgIpc) is 1.48.